The minimum atomic E-state index is -0.519. The van der Waals surface area contributed by atoms with Crippen LogP contribution in [-0.2, 0) is 14.3 Å². The predicted octanol–water partition coefficient (Wildman–Crippen LogP) is 0.802. The van der Waals surface area contributed by atoms with Gasteiger partial charge in [-0.15, -0.1) is 0 Å². The van der Waals surface area contributed by atoms with Crippen LogP contribution in [0.4, 0.5) is 0 Å². The maximum atomic E-state index is 10.7. The second-order valence-corrected chi connectivity index (χ2v) is 5.45. The van der Waals surface area contributed by atoms with E-state index in [0.29, 0.717) is 6.23 Å². The van der Waals surface area contributed by atoms with Gasteiger partial charge in [-0.2, -0.15) is 0 Å². The van der Waals surface area contributed by atoms with Gasteiger partial charge in [0.05, 0.1) is 15.0 Å². The number of carbonyl (C=O) groups excluding carboxylic acids is 2. The van der Waals surface area contributed by atoms with Crippen molar-refractivity contribution in [2.24, 2.45) is 0 Å². The summed E-state index contributed by atoms with van der Waals surface area (Å²) in [7, 11) is -0.519. The molecule has 3 nitrogen and oxygen atoms in total. The fourth-order valence-corrected chi connectivity index (χ4v) is 0.929. The van der Waals surface area contributed by atoms with E-state index >= 15 is 0 Å². The molecular weight excluding hydrogens is 160 g/mol. The van der Waals surface area contributed by atoms with Crippen LogP contribution in [0.25, 0.3) is 0 Å². The van der Waals surface area contributed by atoms with E-state index in [9.17, 15) is 9.59 Å². The highest BCUT2D eigenvalue weighted by Gasteiger charge is 2.06. The Bertz CT molecular complexity index is 154. The van der Waals surface area contributed by atoms with Gasteiger partial charge in [0.1, 0.15) is 12.2 Å². The topological polar surface area (TPSA) is 43.4 Å². The Balaban J connectivity index is 3.46. The summed E-state index contributed by atoms with van der Waals surface area (Å²) in [4.78, 5) is 21.1. The van der Waals surface area contributed by atoms with E-state index < -0.39 is 14.8 Å². The average Bonchev–Trinajstić information content (AvgIpc) is 1.82. The summed E-state index contributed by atoms with van der Waals surface area (Å²) in [6.07, 6.45) is 0.409. The highest BCUT2D eigenvalue weighted by atomic mass is 28.3. The van der Waals surface area contributed by atoms with E-state index in [4.69, 9.17) is 4.74 Å². The first-order valence-corrected chi connectivity index (χ1v) is 6.17. The molecule has 0 aliphatic carbocycles. The van der Waals surface area contributed by atoms with E-state index in [2.05, 4.69) is 0 Å². The zero-order chi connectivity index (χ0) is 8.85. The Morgan fingerprint density at radius 3 is 2.27 bits per heavy atom. The average molecular weight is 173 g/mol. The Morgan fingerprint density at radius 2 is 1.91 bits per heavy atom. The number of esters is 1. The summed E-state index contributed by atoms with van der Waals surface area (Å²) in [5.74, 6) is -0.542. The van der Waals surface area contributed by atoms with Crippen molar-refractivity contribution in [3.05, 3.63) is 0 Å². The quantitative estimate of drug-likeness (QED) is 0.359. The summed E-state index contributed by atoms with van der Waals surface area (Å²) in [5.41, 5.74) is 0. The van der Waals surface area contributed by atoms with Crippen LogP contribution in [0.1, 0.15) is 13.3 Å². The molecule has 0 saturated carbocycles. The molecule has 0 saturated heterocycles. The number of rotatable bonds is 4. The second kappa shape index (κ2) is 5.07. The summed E-state index contributed by atoms with van der Waals surface area (Å²) < 4.78 is 4.80. The van der Waals surface area contributed by atoms with Crippen LogP contribution in [0.2, 0.25) is 13.1 Å². The Labute approximate surface area is 68.3 Å². The standard InChI is InChI=1S/C7H13O3Si/c1-6(8)4-7(9)10-5-11(2)3/h4-5H2,1-3H3. The molecule has 0 fully saturated rings. The van der Waals surface area contributed by atoms with Crippen LogP contribution in [0, 0.1) is 0 Å². The van der Waals surface area contributed by atoms with E-state index in [1.807, 2.05) is 13.1 Å². The molecule has 0 aromatic heterocycles. The third kappa shape index (κ3) is 7.25. The van der Waals surface area contributed by atoms with Gasteiger partial charge in [-0.05, 0) is 6.92 Å². The Hall–Kier alpha value is -0.643. The largest absolute Gasteiger partial charge is 0.469 e. The van der Waals surface area contributed by atoms with E-state index in [0.717, 1.165) is 0 Å². The fraction of sp³-hybridized carbons (Fsp3) is 0.714. The van der Waals surface area contributed by atoms with Gasteiger partial charge in [-0.3, -0.25) is 9.59 Å². The molecule has 63 valence electrons. The van der Waals surface area contributed by atoms with Gasteiger partial charge >= 0.3 is 5.97 Å². The third-order valence-corrected chi connectivity index (χ3v) is 1.64. The maximum absolute atomic E-state index is 10.7. The first kappa shape index (κ1) is 10.4. The molecule has 4 heteroatoms. The van der Waals surface area contributed by atoms with Gasteiger partial charge in [0.15, 0.2) is 0 Å². The molecule has 0 aliphatic rings. The molecule has 0 spiro atoms. The smallest absolute Gasteiger partial charge is 0.312 e. The minimum absolute atomic E-state index is 0.0881. The van der Waals surface area contributed by atoms with Crippen molar-refractivity contribution in [3.63, 3.8) is 0 Å². The summed E-state index contributed by atoms with van der Waals surface area (Å²) in [6.45, 7) is 5.47. The zero-order valence-corrected chi connectivity index (χ0v) is 8.14. The molecule has 0 N–H and O–H groups in total. The number of Topliss-reactive ketones (excluding diaryl/α,β-unsaturated/α-hetero) is 1. The van der Waals surface area contributed by atoms with Crippen molar-refractivity contribution in [2.45, 2.75) is 26.4 Å². The molecule has 0 aromatic rings. The normalized spacial score (nSPS) is 9.82. The zero-order valence-electron chi connectivity index (χ0n) is 7.14. The van der Waals surface area contributed by atoms with Gasteiger partial charge < -0.3 is 4.74 Å². The molecule has 0 amide bonds. The van der Waals surface area contributed by atoms with Gasteiger partial charge in [0, 0.05) is 0 Å². The van der Waals surface area contributed by atoms with Crippen LogP contribution >= 0.6 is 0 Å². The van der Waals surface area contributed by atoms with Crippen molar-refractivity contribution >= 4 is 20.5 Å². The summed E-state index contributed by atoms with van der Waals surface area (Å²) in [6, 6.07) is 0. The van der Waals surface area contributed by atoms with Crippen LogP contribution < -0.4 is 0 Å². The Morgan fingerprint density at radius 1 is 1.36 bits per heavy atom. The highest BCUT2D eigenvalue weighted by molar-refractivity contribution is 6.55. The summed E-state index contributed by atoms with van der Waals surface area (Å²) in [5, 5.41) is 0. The third-order valence-electron chi connectivity index (χ3n) is 0.915. The van der Waals surface area contributed by atoms with E-state index in [-0.39, 0.29) is 12.2 Å². The lowest BCUT2D eigenvalue weighted by molar-refractivity contribution is -0.144. The van der Waals surface area contributed by atoms with E-state index in [1.54, 1.807) is 0 Å². The van der Waals surface area contributed by atoms with Crippen LogP contribution in [0.5, 0.6) is 0 Å². The first-order chi connectivity index (χ1) is 5.02. The van der Waals surface area contributed by atoms with Crippen LogP contribution in [-0.4, -0.2) is 26.8 Å². The molecule has 0 atom stereocenters. The number of ether oxygens (including phenoxy) is 1. The summed E-state index contributed by atoms with van der Waals surface area (Å²) >= 11 is 0. The maximum Gasteiger partial charge on any atom is 0.312 e. The molecule has 11 heavy (non-hydrogen) atoms. The fourth-order valence-electron chi connectivity index (χ4n) is 0.479. The highest BCUT2D eigenvalue weighted by Crippen LogP contribution is 1.89. The molecule has 0 aromatic carbocycles. The van der Waals surface area contributed by atoms with Gasteiger partial charge in [-0.25, -0.2) is 0 Å². The molecule has 0 heterocycles. The van der Waals surface area contributed by atoms with E-state index in [1.165, 1.54) is 6.92 Å². The number of hydrogen-bond donors (Lipinski definition) is 0. The number of carbonyl (C=O) groups is 2. The van der Waals surface area contributed by atoms with Crippen LogP contribution in [0.15, 0.2) is 0 Å². The first-order valence-electron chi connectivity index (χ1n) is 3.46. The van der Waals surface area contributed by atoms with Gasteiger partial charge in [-0.1, -0.05) is 13.1 Å². The van der Waals surface area contributed by atoms with Crippen molar-refractivity contribution in [2.75, 3.05) is 6.23 Å². The molecule has 0 aliphatic heterocycles. The van der Waals surface area contributed by atoms with Gasteiger partial charge in [0.2, 0.25) is 0 Å². The molecule has 0 unspecified atom stereocenters. The number of ketones is 1. The van der Waals surface area contributed by atoms with Crippen molar-refractivity contribution < 1.29 is 14.3 Å². The monoisotopic (exact) mass is 173 g/mol. The lowest BCUT2D eigenvalue weighted by Gasteiger charge is -2.03. The molecule has 0 bridgehead atoms. The molecule has 0 rings (SSSR count). The Kier molecular flexibility index (Phi) is 4.77. The van der Waals surface area contributed by atoms with Gasteiger partial charge in [0.25, 0.3) is 0 Å². The predicted molar refractivity (Wildman–Crippen MR) is 43.7 cm³/mol. The van der Waals surface area contributed by atoms with Crippen LogP contribution in [0.3, 0.4) is 0 Å². The second-order valence-electron chi connectivity index (χ2n) is 2.75. The molecular formula is C7H13O3Si. The number of hydrogen-bond acceptors (Lipinski definition) is 3. The van der Waals surface area contributed by atoms with Crippen molar-refractivity contribution in [3.8, 4) is 0 Å². The lowest BCUT2D eigenvalue weighted by atomic mass is 10.3. The lowest BCUT2D eigenvalue weighted by Crippen LogP contribution is -2.17. The molecule has 1 radical (unpaired) electrons. The van der Waals surface area contributed by atoms with Crippen molar-refractivity contribution in [1.29, 1.82) is 0 Å². The minimum Gasteiger partial charge on any atom is -0.469 e. The SMILES string of the molecule is CC(=O)CC(=O)OC[Si](C)C. The van der Waals surface area contributed by atoms with Crippen molar-refractivity contribution in [1.82, 2.24) is 0 Å².